The van der Waals surface area contributed by atoms with Gasteiger partial charge in [0.1, 0.15) is 12.1 Å². The molecule has 0 fully saturated rings. The molecule has 5 heterocycles. The molecule has 1 aliphatic heterocycles. The maximum absolute atomic E-state index is 13.6. The average Bonchev–Trinajstić information content (AvgIpc) is 3.47. The third kappa shape index (κ3) is 3.94. The quantitative estimate of drug-likeness (QED) is 0.394. The lowest BCUT2D eigenvalue weighted by Gasteiger charge is -2.16. The molecule has 181 valence electrons. The van der Waals surface area contributed by atoms with Gasteiger partial charge in [0.15, 0.2) is 17.3 Å². The maximum atomic E-state index is 13.6. The molecule has 0 atom stereocenters. The van der Waals surface area contributed by atoms with Gasteiger partial charge in [0.05, 0.1) is 22.4 Å². The summed E-state index contributed by atoms with van der Waals surface area (Å²) in [6.45, 7) is 2.54. The Morgan fingerprint density at radius 1 is 1.11 bits per heavy atom. The van der Waals surface area contributed by atoms with Crippen LogP contribution in [0.25, 0.3) is 22.7 Å². The lowest BCUT2D eigenvalue weighted by Crippen LogP contribution is -2.26. The number of benzene rings is 1. The first-order valence-electron chi connectivity index (χ1n) is 11.2. The van der Waals surface area contributed by atoms with E-state index in [9.17, 15) is 13.2 Å². The van der Waals surface area contributed by atoms with Crippen molar-refractivity contribution in [1.82, 2.24) is 39.8 Å². The number of aryl methyl sites for hydroxylation is 1. The number of aromatic nitrogens is 7. The standard InChI is InChI=1S/C24H19F3N9/c1-14-5-8-20(33-32-14)30-15-6-7-19-17(11-15)29-13-35(19)21-3-2-4-22(31-21)36-18-9-10-28-12-16(18)23(34-36)24(25,26)27/h2-3,5-8,11,13,28H,9-10,12H2,1H3,(H,30,33). The first kappa shape index (κ1) is 22.2. The van der Waals surface area contributed by atoms with Gasteiger partial charge < -0.3 is 10.6 Å². The minimum absolute atomic E-state index is 0.112. The Morgan fingerprint density at radius 2 is 2.00 bits per heavy atom. The number of fused-ring (bicyclic) bond motifs is 2. The van der Waals surface area contributed by atoms with E-state index in [0.717, 1.165) is 16.9 Å². The van der Waals surface area contributed by atoms with Crippen LogP contribution in [0.15, 0.2) is 48.8 Å². The fourth-order valence-corrected chi connectivity index (χ4v) is 4.25. The van der Waals surface area contributed by atoms with E-state index in [1.165, 1.54) is 4.68 Å². The fourth-order valence-electron chi connectivity index (χ4n) is 4.25. The zero-order valence-electron chi connectivity index (χ0n) is 19.0. The van der Waals surface area contributed by atoms with Crippen molar-refractivity contribution in [2.75, 3.05) is 11.9 Å². The van der Waals surface area contributed by atoms with Gasteiger partial charge in [-0.05, 0) is 49.4 Å². The van der Waals surface area contributed by atoms with Gasteiger partial charge in [-0.1, -0.05) is 0 Å². The van der Waals surface area contributed by atoms with Gasteiger partial charge in [0, 0.05) is 36.8 Å². The second kappa shape index (κ2) is 8.41. The van der Waals surface area contributed by atoms with Gasteiger partial charge in [-0.3, -0.25) is 4.57 Å². The molecule has 1 aromatic carbocycles. The summed E-state index contributed by atoms with van der Waals surface area (Å²) in [4.78, 5) is 9.06. The Kier molecular flexibility index (Phi) is 5.18. The highest BCUT2D eigenvalue weighted by Gasteiger charge is 2.40. The van der Waals surface area contributed by atoms with E-state index < -0.39 is 11.9 Å². The number of anilines is 2. The van der Waals surface area contributed by atoms with Gasteiger partial charge in [-0.2, -0.15) is 23.4 Å². The molecule has 36 heavy (non-hydrogen) atoms. The Bertz CT molecular complexity index is 1570. The summed E-state index contributed by atoms with van der Waals surface area (Å²) < 4.78 is 43.9. The van der Waals surface area contributed by atoms with Gasteiger partial charge in [0.25, 0.3) is 0 Å². The number of nitrogens with zero attached hydrogens (tertiary/aromatic N) is 7. The van der Waals surface area contributed by atoms with Crippen LogP contribution in [0, 0.1) is 13.0 Å². The molecule has 12 heteroatoms. The second-order valence-corrected chi connectivity index (χ2v) is 8.38. The number of imidazole rings is 1. The number of hydrogen-bond acceptors (Lipinski definition) is 7. The first-order chi connectivity index (χ1) is 17.4. The van der Waals surface area contributed by atoms with E-state index in [0.29, 0.717) is 35.8 Å². The summed E-state index contributed by atoms with van der Waals surface area (Å²) in [5.74, 6) is 1.29. The SMILES string of the molecule is Cc1ccc(Nc2ccc3c(c2)ncn3-c2cc[c]c(-n3nc(C(F)(F)F)c4c3CCNC4)n2)nn1. The molecular weight excluding hydrogens is 471 g/mol. The fraction of sp³-hybridized carbons (Fsp3) is 0.208. The molecule has 6 rings (SSSR count). The Hall–Kier alpha value is -4.32. The number of nitrogens with one attached hydrogen (secondary N) is 2. The zero-order valence-corrected chi connectivity index (χ0v) is 19.0. The van der Waals surface area contributed by atoms with Crippen LogP contribution in [0.3, 0.4) is 0 Å². The molecule has 0 saturated heterocycles. The van der Waals surface area contributed by atoms with Gasteiger partial charge >= 0.3 is 6.18 Å². The normalized spacial score (nSPS) is 13.7. The molecule has 0 unspecified atom stereocenters. The third-order valence-electron chi connectivity index (χ3n) is 5.93. The van der Waals surface area contributed by atoms with Crippen molar-refractivity contribution in [3.63, 3.8) is 0 Å². The van der Waals surface area contributed by atoms with Crippen molar-refractivity contribution in [3.8, 4) is 11.6 Å². The Morgan fingerprint density at radius 3 is 2.81 bits per heavy atom. The van der Waals surface area contributed by atoms with E-state index in [1.54, 1.807) is 23.0 Å². The van der Waals surface area contributed by atoms with E-state index in [4.69, 9.17) is 0 Å². The smallest absolute Gasteiger partial charge is 0.339 e. The third-order valence-corrected chi connectivity index (χ3v) is 5.93. The first-order valence-corrected chi connectivity index (χ1v) is 11.2. The number of halogens is 3. The number of pyridine rings is 1. The largest absolute Gasteiger partial charge is 0.435 e. The van der Waals surface area contributed by atoms with Crippen LogP contribution in [0.5, 0.6) is 0 Å². The summed E-state index contributed by atoms with van der Waals surface area (Å²) in [7, 11) is 0. The maximum Gasteiger partial charge on any atom is 0.435 e. The van der Waals surface area contributed by atoms with Gasteiger partial charge in [0.2, 0.25) is 0 Å². The molecule has 0 aliphatic carbocycles. The van der Waals surface area contributed by atoms with Crippen molar-refractivity contribution < 1.29 is 13.2 Å². The second-order valence-electron chi connectivity index (χ2n) is 8.38. The highest BCUT2D eigenvalue weighted by Crippen LogP contribution is 2.34. The zero-order chi connectivity index (χ0) is 24.9. The van der Waals surface area contributed by atoms with Gasteiger partial charge in [-0.15, -0.1) is 5.10 Å². The monoisotopic (exact) mass is 490 g/mol. The van der Waals surface area contributed by atoms with Gasteiger partial charge in [-0.25, -0.2) is 14.6 Å². The Labute approximate surface area is 203 Å². The summed E-state index contributed by atoms with van der Waals surface area (Å²) >= 11 is 0. The molecule has 0 bridgehead atoms. The lowest BCUT2D eigenvalue weighted by molar-refractivity contribution is -0.142. The van der Waals surface area contributed by atoms with Crippen molar-refractivity contribution in [2.45, 2.75) is 26.1 Å². The van der Waals surface area contributed by atoms with E-state index in [-0.39, 0.29) is 17.9 Å². The molecule has 1 radical (unpaired) electrons. The van der Waals surface area contributed by atoms with Crippen LogP contribution in [0.2, 0.25) is 0 Å². The molecule has 0 saturated carbocycles. The van der Waals surface area contributed by atoms with Crippen LogP contribution >= 0.6 is 0 Å². The van der Waals surface area contributed by atoms with Crippen molar-refractivity contribution in [1.29, 1.82) is 0 Å². The Balaban J connectivity index is 1.36. The lowest BCUT2D eigenvalue weighted by atomic mass is 10.1. The van der Waals surface area contributed by atoms with E-state index in [2.05, 4.69) is 42.0 Å². The summed E-state index contributed by atoms with van der Waals surface area (Å²) in [6, 6.07) is 15.6. The molecule has 4 aromatic heterocycles. The highest BCUT2D eigenvalue weighted by molar-refractivity contribution is 5.81. The minimum Gasteiger partial charge on any atom is -0.339 e. The molecule has 2 N–H and O–H groups in total. The predicted octanol–water partition coefficient (Wildman–Crippen LogP) is 3.91. The predicted molar refractivity (Wildman–Crippen MR) is 125 cm³/mol. The van der Waals surface area contributed by atoms with Crippen molar-refractivity contribution in [3.05, 3.63) is 77.5 Å². The van der Waals surface area contributed by atoms with E-state index >= 15 is 0 Å². The van der Waals surface area contributed by atoms with E-state index in [1.807, 2.05) is 37.3 Å². The average molecular weight is 490 g/mol. The molecule has 0 amide bonds. The number of alkyl halides is 3. The number of rotatable bonds is 4. The topological polar surface area (TPSA) is 98.4 Å². The number of hydrogen-bond donors (Lipinski definition) is 2. The summed E-state index contributed by atoms with van der Waals surface area (Å²) in [5, 5.41) is 18.2. The molecular formula is C24H19F3N9. The van der Waals surface area contributed by atoms with Crippen LogP contribution in [-0.2, 0) is 19.1 Å². The highest BCUT2D eigenvalue weighted by atomic mass is 19.4. The summed E-state index contributed by atoms with van der Waals surface area (Å²) in [6.07, 6.45) is -2.52. The molecule has 9 nitrogen and oxygen atoms in total. The van der Waals surface area contributed by atoms with Crippen LogP contribution in [-0.4, -0.2) is 41.1 Å². The molecule has 5 aromatic rings. The molecule has 1 aliphatic rings. The van der Waals surface area contributed by atoms with Crippen LogP contribution in [0.4, 0.5) is 24.7 Å². The minimum atomic E-state index is -4.55. The van der Waals surface area contributed by atoms with Crippen molar-refractivity contribution >= 4 is 22.5 Å². The summed E-state index contributed by atoms with van der Waals surface area (Å²) in [5.41, 5.74) is 2.85. The van der Waals surface area contributed by atoms with Crippen LogP contribution in [0.1, 0.15) is 22.6 Å². The van der Waals surface area contributed by atoms with Crippen molar-refractivity contribution in [2.24, 2.45) is 0 Å². The molecule has 0 spiro atoms. The van der Waals surface area contributed by atoms with Crippen LogP contribution < -0.4 is 10.6 Å².